The number of piperazine rings is 1. The summed E-state index contributed by atoms with van der Waals surface area (Å²) in [6, 6.07) is 11.8. The molecule has 0 aromatic heterocycles. The smallest absolute Gasteiger partial charge is 0.422 e. The maximum absolute atomic E-state index is 14.6. The Kier molecular flexibility index (Phi) is 6.40. The van der Waals surface area contributed by atoms with Crippen molar-refractivity contribution in [3.63, 3.8) is 0 Å². The number of carbonyl (C=O) groups is 2. The van der Waals surface area contributed by atoms with E-state index in [-0.39, 0.29) is 30.8 Å². The molecule has 0 unspecified atom stereocenters. The fraction of sp³-hybridized carbons (Fsp3) is 0.286. The number of imide groups is 1. The molecule has 2 atom stereocenters. The monoisotopic (exact) mass is 570 g/mol. The quantitative estimate of drug-likeness (QED) is 0.182. The summed E-state index contributed by atoms with van der Waals surface area (Å²) in [5.41, 5.74) is -2.38. The summed E-state index contributed by atoms with van der Waals surface area (Å²) >= 11 is 0. The third-order valence-corrected chi connectivity index (χ3v) is 7.82. The van der Waals surface area contributed by atoms with Crippen molar-refractivity contribution in [2.75, 3.05) is 31.1 Å². The number of benzene rings is 3. The number of alkyl halides is 3. The number of hydrogen-bond donors (Lipinski definition) is 0. The van der Waals surface area contributed by atoms with Gasteiger partial charge in [-0.05, 0) is 36.8 Å². The number of anilines is 1. The lowest BCUT2D eigenvalue weighted by atomic mass is 10.0. The molecule has 3 aromatic rings. The van der Waals surface area contributed by atoms with E-state index < -0.39 is 69.3 Å². The summed E-state index contributed by atoms with van der Waals surface area (Å²) < 4.78 is 63.5. The standard InChI is InChI=1S/C28H22F4N4O5/c29-18-7-3-4-8-22(18)41-23-10-9-20(36(39)40)25(24(23)28(30,31)32)34-14-13-33-12-11-19(21(33)15-34)35-26(37)16-5-1-2-6-17(16)27(35)38/h1-10,19,21H,11-15H2/t19-,21+/m1/s1. The first kappa shape index (κ1) is 26.7. The third-order valence-electron chi connectivity index (χ3n) is 7.82. The van der Waals surface area contributed by atoms with Crippen molar-refractivity contribution in [2.24, 2.45) is 0 Å². The number of halogens is 4. The van der Waals surface area contributed by atoms with Crippen molar-refractivity contribution < 1.29 is 36.8 Å². The van der Waals surface area contributed by atoms with E-state index in [9.17, 15) is 37.3 Å². The van der Waals surface area contributed by atoms with Crippen LogP contribution < -0.4 is 9.64 Å². The Morgan fingerprint density at radius 3 is 2.15 bits per heavy atom. The first-order chi connectivity index (χ1) is 19.6. The van der Waals surface area contributed by atoms with Gasteiger partial charge in [0.15, 0.2) is 11.6 Å². The van der Waals surface area contributed by atoms with Crippen molar-refractivity contribution in [3.05, 3.63) is 93.3 Å². The SMILES string of the molecule is O=C1c2ccccc2C(=O)N1[C@@H]1CCN2CCN(c3c([N+](=O)[O-])ccc(Oc4ccccc4F)c3C(F)(F)F)C[C@@H]12. The Morgan fingerprint density at radius 2 is 1.51 bits per heavy atom. The zero-order valence-corrected chi connectivity index (χ0v) is 21.3. The first-order valence-electron chi connectivity index (χ1n) is 12.8. The predicted octanol–water partition coefficient (Wildman–Crippen LogP) is 5.10. The van der Waals surface area contributed by atoms with Crippen LogP contribution in [-0.2, 0) is 6.18 Å². The zero-order chi connectivity index (χ0) is 29.1. The normalized spacial score (nSPS) is 20.8. The molecule has 0 bridgehead atoms. The highest BCUT2D eigenvalue weighted by Crippen LogP contribution is 2.49. The van der Waals surface area contributed by atoms with Gasteiger partial charge in [-0.3, -0.25) is 29.5 Å². The second-order valence-electron chi connectivity index (χ2n) is 10.0. The summed E-state index contributed by atoms with van der Waals surface area (Å²) in [5.74, 6) is -3.10. The first-order valence-corrected chi connectivity index (χ1v) is 12.8. The van der Waals surface area contributed by atoms with Crippen LogP contribution in [-0.4, -0.2) is 64.8 Å². The van der Waals surface area contributed by atoms with Crippen LogP contribution in [0, 0.1) is 15.9 Å². The summed E-state index contributed by atoms with van der Waals surface area (Å²) in [4.78, 5) is 41.8. The van der Waals surface area contributed by atoms with E-state index in [2.05, 4.69) is 0 Å². The number of nitro benzene ring substituents is 1. The number of carbonyl (C=O) groups excluding carboxylic acids is 2. The van der Waals surface area contributed by atoms with E-state index in [4.69, 9.17) is 4.74 Å². The highest BCUT2D eigenvalue weighted by Gasteiger charge is 2.50. The Labute approximate surface area is 230 Å². The summed E-state index contributed by atoms with van der Waals surface area (Å²) in [7, 11) is 0. The molecular weight excluding hydrogens is 548 g/mol. The van der Waals surface area contributed by atoms with Crippen LogP contribution in [0.4, 0.5) is 28.9 Å². The summed E-state index contributed by atoms with van der Waals surface area (Å²) in [5, 5.41) is 12.0. The van der Waals surface area contributed by atoms with Crippen molar-refractivity contribution in [2.45, 2.75) is 24.7 Å². The van der Waals surface area contributed by atoms with Gasteiger partial charge < -0.3 is 9.64 Å². The second-order valence-corrected chi connectivity index (χ2v) is 10.0. The van der Waals surface area contributed by atoms with Crippen LogP contribution >= 0.6 is 0 Å². The van der Waals surface area contributed by atoms with E-state index in [1.807, 2.05) is 4.90 Å². The van der Waals surface area contributed by atoms with Crippen molar-refractivity contribution in [1.29, 1.82) is 0 Å². The predicted molar refractivity (Wildman–Crippen MR) is 137 cm³/mol. The molecule has 0 radical (unpaired) electrons. The number of nitrogens with zero attached hydrogens (tertiary/aromatic N) is 4. The van der Waals surface area contributed by atoms with Crippen LogP contribution in [0.2, 0.25) is 0 Å². The molecule has 0 N–H and O–H groups in total. The fourth-order valence-electron chi connectivity index (χ4n) is 6.03. The highest BCUT2D eigenvalue weighted by atomic mass is 19.4. The minimum atomic E-state index is -5.10. The molecule has 2 saturated heterocycles. The lowest BCUT2D eigenvalue weighted by Gasteiger charge is -2.42. The number of rotatable bonds is 5. The Balaban J connectivity index is 1.39. The van der Waals surface area contributed by atoms with Crippen LogP contribution in [0.15, 0.2) is 60.7 Å². The van der Waals surface area contributed by atoms with Gasteiger partial charge in [-0.15, -0.1) is 0 Å². The van der Waals surface area contributed by atoms with Gasteiger partial charge in [0, 0.05) is 38.3 Å². The summed E-state index contributed by atoms with van der Waals surface area (Å²) in [6.07, 6.45) is -4.69. The van der Waals surface area contributed by atoms with Crippen molar-refractivity contribution >= 4 is 23.2 Å². The Bertz CT molecular complexity index is 1540. The van der Waals surface area contributed by atoms with Gasteiger partial charge in [0.1, 0.15) is 17.0 Å². The third kappa shape index (κ3) is 4.46. The molecule has 0 saturated carbocycles. The van der Waals surface area contributed by atoms with Crippen LogP contribution in [0.3, 0.4) is 0 Å². The van der Waals surface area contributed by atoms with Crippen LogP contribution in [0.5, 0.6) is 11.5 Å². The van der Waals surface area contributed by atoms with Gasteiger partial charge in [0.2, 0.25) is 0 Å². The molecule has 9 nitrogen and oxygen atoms in total. The fourth-order valence-corrected chi connectivity index (χ4v) is 6.03. The Morgan fingerprint density at radius 1 is 0.854 bits per heavy atom. The van der Waals surface area contributed by atoms with Gasteiger partial charge in [-0.1, -0.05) is 24.3 Å². The molecule has 212 valence electrons. The van der Waals surface area contributed by atoms with Gasteiger partial charge in [-0.25, -0.2) is 4.39 Å². The molecule has 13 heteroatoms. The number of hydrogen-bond acceptors (Lipinski definition) is 7. The van der Waals surface area contributed by atoms with Gasteiger partial charge in [-0.2, -0.15) is 13.2 Å². The molecular formula is C28H22F4N4O5. The lowest BCUT2D eigenvalue weighted by molar-refractivity contribution is -0.384. The maximum atomic E-state index is 14.6. The molecule has 6 rings (SSSR count). The molecule has 3 aliphatic heterocycles. The molecule has 0 spiro atoms. The number of amides is 2. The molecule has 2 amide bonds. The molecule has 0 aliphatic carbocycles. The van der Waals surface area contributed by atoms with E-state index >= 15 is 0 Å². The average Bonchev–Trinajstić information content (AvgIpc) is 3.46. The molecule has 3 aliphatic rings. The highest BCUT2D eigenvalue weighted by molar-refractivity contribution is 6.21. The molecule has 3 aromatic carbocycles. The minimum absolute atomic E-state index is 0.0123. The van der Waals surface area contributed by atoms with Crippen LogP contribution in [0.1, 0.15) is 32.7 Å². The number of para-hydroxylation sites is 1. The van der Waals surface area contributed by atoms with Crippen molar-refractivity contribution in [3.8, 4) is 11.5 Å². The van der Waals surface area contributed by atoms with E-state index in [1.165, 1.54) is 17.0 Å². The zero-order valence-electron chi connectivity index (χ0n) is 21.3. The van der Waals surface area contributed by atoms with Crippen molar-refractivity contribution in [1.82, 2.24) is 9.80 Å². The maximum Gasteiger partial charge on any atom is 0.422 e. The number of fused-ring (bicyclic) bond motifs is 2. The lowest BCUT2D eigenvalue weighted by Crippen LogP contribution is -2.57. The average molecular weight is 570 g/mol. The van der Waals surface area contributed by atoms with Gasteiger partial charge in [0.05, 0.1) is 22.1 Å². The van der Waals surface area contributed by atoms with Crippen LogP contribution in [0.25, 0.3) is 0 Å². The topological polar surface area (TPSA) is 96.2 Å². The number of ether oxygens (including phenoxy) is 1. The van der Waals surface area contributed by atoms with Gasteiger partial charge >= 0.3 is 6.18 Å². The molecule has 2 fully saturated rings. The van der Waals surface area contributed by atoms with E-state index in [1.54, 1.807) is 24.3 Å². The second kappa shape index (κ2) is 9.84. The Hall–Kier alpha value is -4.52. The minimum Gasteiger partial charge on any atom is -0.454 e. The molecule has 3 heterocycles. The largest absolute Gasteiger partial charge is 0.454 e. The van der Waals surface area contributed by atoms with E-state index in [0.717, 1.165) is 29.2 Å². The summed E-state index contributed by atoms with van der Waals surface area (Å²) in [6.45, 7) is 0.641. The van der Waals surface area contributed by atoms with E-state index in [0.29, 0.717) is 13.0 Å². The number of nitro groups is 1. The molecule has 41 heavy (non-hydrogen) atoms. The van der Waals surface area contributed by atoms with Gasteiger partial charge in [0.25, 0.3) is 17.5 Å².